The van der Waals surface area contributed by atoms with Crippen molar-refractivity contribution in [1.29, 1.82) is 0 Å². The second kappa shape index (κ2) is 12.6. The molecule has 2 fully saturated rings. The molecule has 13 nitrogen and oxygen atoms in total. The van der Waals surface area contributed by atoms with E-state index in [4.69, 9.17) is 0 Å². The first kappa shape index (κ1) is 33.9. The molecule has 0 bridgehead atoms. The number of rotatable bonds is 9. The van der Waals surface area contributed by atoms with Crippen LogP contribution in [0.3, 0.4) is 0 Å². The molecule has 16 heteroatoms. The number of fused-ring (bicyclic) bond motifs is 2. The molecule has 0 radical (unpaired) electrons. The van der Waals surface area contributed by atoms with Crippen LogP contribution < -0.4 is 5.48 Å². The van der Waals surface area contributed by atoms with Gasteiger partial charge in [-0.05, 0) is 65.5 Å². The van der Waals surface area contributed by atoms with Crippen molar-refractivity contribution in [3.63, 3.8) is 0 Å². The van der Waals surface area contributed by atoms with E-state index in [1.807, 2.05) is 27.7 Å². The Bertz CT molecular complexity index is 1880. The van der Waals surface area contributed by atoms with Gasteiger partial charge in [-0.2, -0.15) is 8.93 Å². The van der Waals surface area contributed by atoms with E-state index in [0.29, 0.717) is 31.7 Å². The molecule has 2 heterocycles. The van der Waals surface area contributed by atoms with Gasteiger partial charge in [-0.25, -0.2) is 25.7 Å². The van der Waals surface area contributed by atoms with E-state index in [2.05, 4.69) is 15.3 Å². The van der Waals surface area contributed by atoms with Crippen molar-refractivity contribution in [3.05, 3.63) is 46.9 Å². The fourth-order valence-corrected chi connectivity index (χ4v) is 10.5. The van der Waals surface area contributed by atoms with Crippen LogP contribution in [0.5, 0.6) is 0 Å². The Morgan fingerprint density at radius 1 is 0.822 bits per heavy atom. The molecule has 3 aromatic rings. The molecule has 0 aliphatic carbocycles. The molecule has 2 aliphatic rings. The molecular formula is C29H39N4O9PS2. The molecule has 2 aliphatic heterocycles. The number of phosphoric acid groups is 1. The Balaban J connectivity index is 1.65. The number of sulfonamides is 2. The standard InChI is InChI=1S/C29H39N4O9PS2/c1-18-9-19(2)14-32(13-18)44(38,39)17-22-5-7-24-26(11-22)28(30-34)27-12-23(6-8-25(27)29(24)31-42-43(35,36)37)45(40,41)33-15-20(3)10-21(4)16-33/h5-8,11-12,18-21,31H,9-10,13-17H2,1-4H3,(H2,35,36,37). The predicted molar refractivity (Wildman–Crippen MR) is 173 cm³/mol. The molecule has 2 saturated heterocycles. The molecule has 5 rings (SSSR count). The first-order valence-corrected chi connectivity index (χ1v) is 19.4. The second-order valence-electron chi connectivity index (χ2n) is 12.9. The number of nitroso groups, excluding NO2 is 1. The molecule has 246 valence electrons. The van der Waals surface area contributed by atoms with Gasteiger partial charge in [-0.1, -0.05) is 45.9 Å². The van der Waals surface area contributed by atoms with E-state index in [0.717, 1.165) is 12.8 Å². The lowest BCUT2D eigenvalue weighted by Crippen LogP contribution is -2.43. The summed E-state index contributed by atoms with van der Waals surface area (Å²) in [5.41, 5.74) is 2.56. The Hall–Kier alpha value is -2.49. The minimum Gasteiger partial charge on any atom is -0.301 e. The molecule has 0 amide bonds. The van der Waals surface area contributed by atoms with Crippen molar-refractivity contribution < 1.29 is 35.8 Å². The van der Waals surface area contributed by atoms with Gasteiger partial charge in [0, 0.05) is 47.7 Å². The molecular weight excluding hydrogens is 643 g/mol. The number of nitrogens with zero attached hydrogens (tertiary/aromatic N) is 3. The lowest BCUT2D eigenvalue weighted by molar-refractivity contribution is 0.222. The molecule has 3 N–H and O–H groups in total. The average Bonchev–Trinajstić information content (AvgIpc) is 2.93. The van der Waals surface area contributed by atoms with E-state index < -0.39 is 27.9 Å². The first-order valence-electron chi connectivity index (χ1n) is 14.8. The van der Waals surface area contributed by atoms with Crippen LogP contribution in [0.25, 0.3) is 21.5 Å². The molecule has 0 spiro atoms. The van der Waals surface area contributed by atoms with Crippen molar-refractivity contribution >= 4 is 60.8 Å². The highest BCUT2D eigenvalue weighted by Crippen LogP contribution is 2.45. The number of nitrogens with one attached hydrogen (secondary N) is 1. The van der Waals surface area contributed by atoms with Crippen LogP contribution in [-0.4, -0.2) is 61.4 Å². The lowest BCUT2D eigenvalue weighted by atomic mass is 9.93. The summed E-state index contributed by atoms with van der Waals surface area (Å²) in [4.78, 5) is 31.1. The van der Waals surface area contributed by atoms with E-state index in [9.17, 15) is 36.1 Å². The van der Waals surface area contributed by atoms with Crippen LogP contribution in [0.1, 0.15) is 46.1 Å². The summed E-state index contributed by atoms with van der Waals surface area (Å²) in [5, 5.41) is 3.99. The highest BCUT2D eigenvalue weighted by Gasteiger charge is 2.33. The van der Waals surface area contributed by atoms with Crippen LogP contribution in [0, 0.1) is 28.6 Å². The zero-order valence-electron chi connectivity index (χ0n) is 25.6. The lowest BCUT2D eigenvalue weighted by Gasteiger charge is -2.34. The van der Waals surface area contributed by atoms with Crippen LogP contribution in [0.15, 0.2) is 46.5 Å². The average molecular weight is 683 g/mol. The van der Waals surface area contributed by atoms with Gasteiger partial charge >= 0.3 is 7.82 Å². The Kier molecular flexibility index (Phi) is 9.49. The molecule has 0 saturated carbocycles. The molecule has 4 atom stereocenters. The number of hydrogen-bond donors (Lipinski definition) is 3. The summed E-state index contributed by atoms with van der Waals surface area (Å²) in [5.74, 6) is 0.391. The summed E-state index contributed by atoms with van der Waals surface area (Å²) in [6, 6.07) is 8.66. The maximum Gasteiger partial charge on any atom is 0.491 e. The highest BCUT2D eigenvalue weighted by atomic mass is 32.2. The second-order valence-corrected chi connectivity index (χ2v) is 17.9. The van der Waals surface area contributed by atoms with Gasteiger partial charge in [0.05, 0.1) is 16.3 Å². The summed E-state index contributed by atoms with van der Waals surface area (Å²) in [7, 11) is -12.7. The van der Waals surface area contributed by atoms with E-state index in [-0.39, 0.29) is 67.2 Å². The van der Waals surface area contributed by atoms with Crippen molar-refractivity contribution in [2.75, 3.05) is 31.7 Å². The van der Waals surface area contributed by atoms with Crippen molar-refractivity contribution in [2.24, 2.45) is 28.8 Å². The van der Waals surface area contributed by atoms with Crippen LogP contribution in [0.4, 0.5) is 11.4 Å². The number of hydrogen-bond acceptors (Lipinski definition) is 9. The van der Waals surface area contributed by atoms with Crippen LogP contribution >= 0.6 is 7.82 Å². The van der Waals surface area contributed by atoms with Crippen molar-refractivity contribution in [2.45, 2.75) is 51.2 Å². The SMILES string of the molecule is CC1CC(C)CN(S(=O)(=O)Cc2ccc3c(NOP(=O)(O)O)c4ccc(S(=O)(=O)N5CC(C)CC(C)C5)cc4c(N=O)c3c2)C1. The minimum absolute atomic E-state index is 0.0491. The Morgan fingerprint density at radius 3 is 1.87 bits per heavy atom. The molecule has 45 heavy (non-hydrogen) atoms. The third-order valence-electron chi connectivity index (χ3n) is 8.53. The monoisotopic (exact) mass is 682 g/mol. The normalized spacial score (nSPS) is 24.2. The topological polar surface area (TPSA) is 183 Å². The first-order chi connectivity index (χ1) is 21.0. The van der Waals surface area contributed by atoms with Gasteiger partial charge in [-0.3, -0.25) is 5.48 Å². The van der Waals surface area contributed by atoms with Gasteiger partial charge in [0.2, 0.25) is 20.0 Å². The van der Waals surface area contributed by atoms with Crippen LogP contribution in [-0.2, 0) is 35.0 Å². The van der Waals surface area contributed by atoms with Crippen molar-refractivity contribution in [1.82, 2.24) is 8.61 Å². The Labute approximate surface area is 263 Å². The Morgan fingerprint density at radius 2 is 1.33 bits per heavy atom. The maximum absolute atomic E-state index is 13.7. The minimum atomic E-state index is -5.02. The van der Waals surface area contributed by atoms with Gasteiger partial charge < -0.3 is 9.79 Å². The van der Waals surface area contributed by atoms with E-state index in [1.54, 1.807) is 6.07 Å². The molecule has 3 aromatic carbocycles. The third kappa shape index (κ3) is 7.25. The summed E-state index contributed by atoms with van der Waals surface area (Å²) >= 11 is 0. The van der Waals surface area contributed by atoms with Gasteiger partial charge in [-0.15, -0.1) is 4.91 Å². The van der Waals surface area contributed by atoms with Gasteiger partial charge in [0.1, 0.15) is 5.69 Å². The quantitative estimate of drug-likeness (QED) is 0.116. The third-order valence-corrected chi connectivity index (χ3v) is 12.5. The number of anilines is 1. The van der Waals surface area contributed by atoms with Crippen LogP contribution in [0.2, 0.25) is 0 Å². The summed E-state index contributed by atoms with van der Waals surface area (Å²) in [6.45, 7) is 9.50. The summed E-state index contributed by atoms with van der Waals surface area (Å²) < 4.78 is 73.5. The van der Waals surface area contributed by atoms with E-state index in [1.165, 1.54) is 38.9 Å². The molecule has 4 unspecified atom stereocenters. The highest BCUT2D eigenvalue weighted by molar-refractivity contribution is 7.89. The van der Waals surface area contributed by atoms with Gasteiger partial charge in [0.15, 0.2) is 0 Å². The summed E-state index contributed by atoms with van der Waals surface area (Å²) in [6.07, 6.45) is 1.83. The predicted octanol–water partition coefficient (Wildman–Crippen LogP) is 5.30. The van der Waals surface area contributed by atoms with Crippen molar-refractivity contribution in [3.8, 4) is 0 Å². The largest absolute Gasteiger partial charge is 0.491 e. The number of piperidine rings is 2. The zero-order valence-corrected chi connectivity index (χ0v) is 28.1. The molecule has 0 aromatic heterocycles. The fourth-order valence-electron chi connectivity index (χ4n) is 6.88. The smallest absolute Gasteiger partial charge is 0.301 e. The number of benzene rings is 3. The fraction of sp³-hybridized carbons (Fsp3) is 0.517. The van der Waals surface area contributed by atoms with Gasteiger partial charge in [0.25, 0.3) is 0 Å². The zero-order chi connectivity index (χ0) is 32.9. The maximum atomic E-state index is 13.7. The van der Waals surface area contributed by atoms with E-state index >= 15 is 0 Å².